The van der Waals surface area contributed by atoms with Crippen LogP contribution < -0.4 is 16.4 Å². The summed E-state index contributed by atoms with van der Waals surface area (Å²) in [5, 5.41) is 26.0. The first-order valence-electron chi connectivity index (χ1n) is 14.5. The molecule has 0 spiro atoms. The zero-order valence-electron chi connectivity index (χ0n) is 27.1. The summed E-state index contributed by atoms with van der Waals surface area (Å²) < 4.78 is 66.4. The molecule has 2 aromatic rings. The summed E-state index contributed by atoms with van der Waals surface area (Å²) in [6, 6.07) is 0. The van der Waals surface area contributed by atoms with Crippen LogP contribution >= 0.6 is 23.5 Å². The third kappa shape index (κ3) is 12.6. The molecule has 25 nitrogen and oxygen atoms in total. The third-order valence-corrected chi connectivity index (χ3v) is 9.91. The molecule has 2 amide bonds. The number of nitrogens with one attached hydrogen (secondary N) is 2. The largest absolute Gasteiger partial charge is 0.481 e. The van der Waals surface area contributed by atoms with E-state index in [0.29, 0.717) is 0 Å². The van der Waals surface area contributed by atoms with E-state index in [2.05, 4.69) is 39.2 Å². The standard InChI is InChI=1S/C23H38N7O18P3/c1-12(31)43-7-6-25-14(32)4-5-26-21(35)18(34)23(2,3)9-45-51(41,42)48-50(39,40)44-8-13-17(47-49(36,37)38)16(33)22(46-13)30-11-29-15-19(24)27-10-28-20(15)30/h10-11,13,16-18,22,33-34H,4-9H2,1-3H3,(H,25,32)(H,26,35)(H,39,40)(H,41,42)(H2,24,27,28)(H2,36,37,38)/t13-,16-,17-,18+,22-/m1/s1. The predicted molar refractivity (Wildman–Crippen MR) is 166 cm³/mol. The number of hydrogen-bond acceptors (Lipinski definition) is 18. The first-order chi connectivity index (χ1) is 23.5. The minimum Gasteiger partial charge on any atom is -0.464 e. The van der Waals surface area contributed by atoms with Gasteiger partial charge in [0.05, 0.1) is 26.1 Å². The maximum Gasteiger partial charge on any atom is 0.481 e. The Morgan fingerprint density at radius 2 is 1.73 bits per heavy atom. The molecule has 3 rings (SSSR count). The number of aliphatic hydroxyl groups excluding tert-OH is 2. The van der Waals surface area contributed by atoms with Gasteiger partial charge in [-0.05, 0) is 0 Å². The molecule has 0 radical (unpaired) electrons. The Hall–Kier alpha value is -2.99. The van der Waals surface area contributed by atoms with E-state index in [1.807, 2.05) is 0 Å². The van der Waals surface area contributed by atoms with Crippen molar-refractivity contribution in [2.75, 3.05) is 38.6 Å². The molecule has 28 heteroatoms. The average Bonchev–Trinajstić information content (AvgIpc) is 3.57. The van der Waals surface area contributed by atoms with Crippen LogP contribution in [0.15, 0.2) is 12.7 Å². The van der Waals surface area contributed by atoms with E-state index in [-0.39, 0.29) is 43.1 Å². The summed E-state index contributed by atoms with van der Waals surface area (Å²) in [6.07, 6.45) is -6.97. The van der Waals surface area contributed by atoms with Crippen molar-refractivity contribution in [1.29, 1.82) is 0 Å². The Labute approximate surface area is 288 Å². The highest BCUT2D eigenvalue weighted by molar-refractivity contribution is 7.61. The second-order valence-electron chi connectivity index (χ2n) is 11.4. The quantitative estimate of drug-likeness (QED) is 0.0420. The number of aromatic nitrogens is 4. The van der Waals surface area contributed by atoms with Gasteiger partial charge >= 0.3 is 29.4 Å². The molecule has 0 aliphatic carbocycles. The van der Waals surface area contributed by atoms with Gasteiger partial charge in [-0.1, -0.05) is 13.8 Å². The first-order valence-corrected chi connectivity index (χ1v) is 19.1. The van der Waals surface area contributed by atoms with Crippen molar-refractivity contribution in [3.8, 4) is 0 Å². The topological polar surface area (TPSA) is 373 Å². The maximum atomic E-state index is 12.6. The van der Waals surface area contributed by atoms with E-state index in [1.165, 1.54) is 20.8 Å². The molecule has 7 atom stereocenters. The molecule has 0 bridgehead atoms. The number of nitrogens with two attached hydrogens (primary N) is 1. The van der Waals surface area contributed by atoms with Crippen LogP contribution in [0.2, 0.25) is 0 Å². The van der Waals surface area contributed by atoms with Gasteiger partial charge < -0.3 is 55.6 Å². The Bertz CT molecular complexity index is 1700. The smallest absolute Gasteiger partial charge is 0.464 e. The minimum atomic E-state index is -5.56. The number of ether oxygens (including phenoxy) is 2. The Kier molecular flexibility index (Phi) is 14.3. The van der Waals surface area contributed by atoms with Gasteiger partial charge in [-0.2, -0.15) is 4.31 Å². The number of amides is 2. The van der Waals surface area contributed by atoms with Crippen LogP contribution in [0.25, 0.3) is 11.2 Å². The molecule has 10 N–H and O–H groups in total. The zero-order chi connectivity index (χ0) is 38.4. The molecular weight excluding hydrogens is 755 g/mol. The molecule has 1 saturated heterocycles. The van der Waals surface area contributed by atoms with Crippen molar-refractivity contribution in [3.63, 3.8) is 0 Å². The lowest BCUT2D eigenvalue weighted by Gasteiger charge is -2.30. The van der Waals surface area contributed by atoms with E-state index in [1.54, 1.807) is 0 Å². The fourth-order valence-electron chi connectivity index (χ4n) is 4.32. The van der Waals surface area contributed by atoms with Gasteiger partial charge in [-0.25, -0.2) is 28.6 Å². The average molecular weight is 794 g/mol. The lowest BCUT2D eigenvalue weighted by molar-refractivity contribution is -0.141. The Morgan fingerprint density at radius 3 is 2.37 bits per heavy atom. The molecule has 288 valence electrons. The van der Waals surface area contributed by atoms with E-state index >= 15 is 0 Å². The lowest BCUT2D eigenvalue weighted by atomic mass is 9.87. The van der Waals surface area contributed by atoms with Crippen LogP contribution in [0, 0.1) is 5.41 Å². The number of imidazole rings is 1. The first kappa shape index (κ1) is 42.4. The summed E-state index contributed by atoms with van der Waals surface area (Å²) >= 11 is 0. The summed E-state index contributed by atoms with van der Waals surface area (Å²) in [6.45, 7) is 1.40. The molecule has 1 fully saturated rings. The van der Waals surface area contributed by atoms with E-state index < -0.39 is 90.5 Å². The van der Waals surface area contributed by atoms with Crippen molar-refractivity contribution in [3.05, 3.63) is 12.7 Å². The third-order valence-electron chi connectivity index (χ3n) is 6.81. The number of carbonyl (C=O) groups excluding carboxylic acids is 3. The van der Waals surface area contributed by atoms with Gasteiger partial charge in [-0.15, -0.1) is 0 Å². The molecule has 1 aliphatic heterocycles. The van der Waals surface area contributed by atoms with Gasteiger partial charge in [0.1, 0.15) is 42.9 Å². The maximum absolute atomic E-state index is 12.6. The van der Waals surface area contributed by atoms with Crippen LogP contribution in [0.5, 0.6) is 0 Å². The van der Waals surface area contributed by atoms with E-state index in [0.717, 1.165) is 17.2 Å². The summed E-state index contributed by atoms with van der Waals surface area (Å²) in [5.41, 5.74) is 4.24. The minimum absolute atomic E-state index is 0.0278. The molecule has 0 aromatic carbocycles. The van der Waals surface area contributed by atoms with Crippen LogP contribution in [0.1, 0.15) is 33.4 Å². The number of rotatable bonds is 19. The fraction of sp³-hybridized carbons (Fsp3) is 0.652. The molecule has 0 saturated carbocycles. The Morgan fingerprint density at radius 1 is 1.06 bits per heavy atom. The molecule has 1 aliphatic rings. The van der Waals surface area contributed by atoms with Crippen molar-refractivity contribution in [2.24, 2.45) is 5.41 Å². The molecule has 2 aromatic heterocycles. The summed E-state index contributed by atoms with van der Waals surface area (Å²) in [5.74, 6) is -2.07. The van der Waals surface area contributed by atoms with Crippen LogP contribution in [-0.2, 0) is 55.4 Å². The summed E-state index contributed by atoms with van der Waals surface area (Å²) in [7, 11) is -16.4. The van der Waals surface area contributed by atoms with Gasteiger partial charge in [0.25, 0.3) is 0 Å². The fourth-order valence-corrected chi connectivity index (χ4v) is 7.15. The summed E-state index contributed by atoms with van der Waals surface area (Å²) in [4.78, 5) is 85.7. The number of aliphatic hydroxyl groups is 2. The number of esters is 1. The number of phosphoric acid groups is 3. The van der Waals surface area contributed by atoms with Gasteiger partial charge in [0, 0.05) is 25.3 Å². The SMILES string of the molecule is CC(=O)OCCNC(=O)CCNC(=O)[C@H](O)C(C)(C)COP(=O)(O)OP(=O)(O)OC[C@H]1O[C@@H](n2cnc3c(N)ncnc32)[C@H](O)[C@@H]1OP(=O)(O)O. The number of hydrogen-bond donors (Lipinski definition) is 9. The van der Waals surface area contributed by atoms with Crippen LogP contribution in [0.4, 0.5) is 5.82 Å². The highest BCUT2D eigenvalue weighted by atomic mass is 31.3. The lowest BCUT2D eigenvalue weighted by Crippen LogP contribution is -2.46. The number of carbonyl (C=O) groups is 3. The molecule has 51 heavy (non-hydrogen) atoms. The number of nitrogens with zero attached hydrogens (tertiary/aromatic N) is 4. The number of nitrogen functional groups attached to an aromatic ring is 1. The number of anilines is 1. The van der Waals surface area contributed by atoms with Crippen molar-refractivity contribution >= 4 is 58.2 Å². The van der Waals surface area contributed by atoms with Gasteiger partial charge in [0.15, 0.2) is 17.7 Å². The zero-order valence-corrected chi connectivity index (χ0v) is 29.8. The van der Waals surface area contributed by atoms with E-state index in [9.17, 15) is 57.9 Å². The van der Waals surface area contributed by atoms with Crippen LogP contribution in [0.3, 0.4) is 0 Å². The second kappa shape index (κ2) is 17.2. The van der Waals surface area contributed by atoms with Crippen LogP contribution in [-0.4, -0.2) is 124 Å². The Balaban J connectivity index is 1.55. The highest BCUT2D eigenvalue weighted by Gasteiger charge is 2.50. The molecular formula is C23H38N7O18P3. The molecule has 3 heterocycles. The van der Waals surface area contributed by atoms with E-state index in [4.69, 9.17) is 19.5 Å². The normalized spacial score (nSPS) is 22.5. The second-order valence-corrected chi connectivity index (χ2v) is 15.6. The van der Waals surface area contributed by atoms with Crippen molar-refractivity contribution in [2.45, 2.75) is 57.8 Å². The van der Waals surface area contributed by atoms with Gasteiger partial charge in [-0.3, -0.25) is 32.5 Å². The van der Waals surface area contributed by atoms with Gasteiger partial charge in [0.2, 0.25) is 11.8 Å². The van der Waals surface area contributed by atoms with Crippen molar-refractivity contribution in [1.82, 2.24) is 30.2 Å². The molecule has 2 unspecified atom stereocenters. The highest BCUT2D eigenvalue weighted by Crippen LogP contribution is 2.61. The monoisotopic (exact) mass is 793 g/mol. The predicted octanol–water partition coefficient (Wildman–Crippen LogP) is -2.03. The van der Waals surface area contributed by atoms with Crippen molar-refractivity contribution < 1.29 is 85.2 Å². The number of phosphoric ester groups is 3. The number of fused-ring (bicyclic) bond motifs is 1.